The van der Waals surface area contributed by atoms with E-state index in [2.05, 4.69) is 15.3 Å². The van der Waals surface area contributed by atoms with Gasteiger partial charge in [-0.05, 0) is 43.5 Å². The average Bonchev–Trinajstić information content (AvgIpc) is 3.27. The first-order chi connectivity index (χ1) is 16.8. The number of hydrogen-bond donors (Lipinski definition) is 1. The van der Waals surface area contributed by atoms with Gasteiger partial charge in [-0.15, -0.1) is 0 Å². The third kappa shape index (κ3) is 5.24. The molecule has 1 unspecified atom stereocenters. The summed E-state index contributed by atoms with van der Waals surface area (Å²) in [6.45, 7) is 1.23. The molecule has 2 aromatic carbocycles. The van der Waals surface area contributed by atoms with Gasteiger partial charge in [-0.25, -0.2) is 9.97 Å². The van der Waals surface area contributed by atoms with Crippen LogP contribution in [0, 0.1) is 0 Å². The Balaban J connectivity index is 1.35. The summed E-state index contributed by atoms with van der Waals surface area (Å²) in [7, 11) is 0. The Morgan fingerprint density at radius 3 is 2.74 bits per heavy atom. The molecule has 5 rings (SSSR count). The summed E-state index contributed by atoms with van der Waals surface area (Å²) in [6.07, 6.45) is 6.71. The number of carbonyl (C=O) groups excluding carboxylic acids is 1. The van der Waals surface area contributed by atoms with Crippen molar-refractivity contribution in [2.75, 3.05) is 18.5 Å². The zero-order valence-electron chi connectivity index (χ0n) is 18.6. The quantitative estimate of drug-likeness (QED) is 0.258. The molecule has 1 saturated heterocycles. The van der Waals surface area contributed by atoms with Gasteiger partial charge in [-0.1, -0.05) is 42.1 Å². The molecule has 1 amide bonds. The molecule has 1 aliphatic heterocycles. The third-order valence-corrected chi connectivity index (χ3v) is 6.53. The summed E-state index contributed by atoms with van der Waals surface area (Å²) in [5, 5.41) is 4.51. The van der Waals surface area contributed by atoms with E-state index < -0.39 is 0 Å². The molecule has 2 aromatic heterocycles. The zero-order valence-corrected chi connectivity index (χ0v) is 19.4. The fourth-order valence-electron chi connectivity index (χ4n) is 3.92. The van der Waals surface area contributed by atoms with E-state index in [1.807, 2.05) is 48.5 Å². The number of carbonyl (C=O) groups is 1. The van der Waals surface area contributed by atoms with Gasteiger partial charge in [0.2, 0.25) is 0 Å². The van der Waals surface area contributed by atoms with Gasteiger partial charge in [0, 0.05) is 35.7 Å². The van der Waals surface area contributed by atoms with Crippen molar-refractivity contribution in [3.63, 3.8) is 0 Å². The topological polar surface area (TPSA) is 86.5 Å². The number of fused-ring (bicyclic) bond motifs is 1. The number of furan rings is 1. The first-order valence-corrected chi connectivity index (χ1v) is 12.3. The number of para-hydroxylation sites is 3. The number of anilines is 1. The first-order valence-electron chi connectivity index (χ1n) is 11.3. The van der Waals surface area contributed by atoms with Crippen LogP contribution < -0.4 is 10.1 Å². The molecule has 1 atom stereocenters. The number of benzene rings is 2. The van der Waals surface area contributed by atoms with E-state index in [-0.39, 0.29) is 17.8 Å². The molecule has 8 heteroatoms. The molecule has 34 heavy (non-hydrogen) atoms. The van der Waals surface area contributed by atoms with E-state index in [0.29, 0.717) is 34.5 Å². The lowest BCUT2D eigenvalue weighted by atomic mass is 10.1. The lowest BCUT2D eigenvalue weighted by Crippen LogP contribution is -2.26. The van der Waals surface area contributed by atoms with Crippen molar-refractivity contribution < 1.29 is 18.7 Å². The van der Waals surface area contributed by atoms with Crippen LogP contribution in [0.3, 0.4) is 0 Å². The van der Waals surface area contributed by atoms with Crippen LogP contribution in [0.25, 0.3) is 11.0 Å². The molecule has 174 valence electrons. The standard InChI is InChI=1S/C26H25N3O4S/c30-25(29-21-10-2-4-12-23(21)32-16-18-8-5-6-15-31-18)24-20(17-34-26-27-13-7-14-28-26)19-9-1-3-11-22(19)33-24/h1-4,7,9-14,18H,5-6,8,15-17H2,(H,29,30). The molecule has 0 spiro atoms. The van der Waals surface area contributed by atoms with Gasteiger partial charge in [0.1, 0.15) is 17.9 Å². The van der Waals surface area contributed by atoms with Crippen molar-refractivity contribution in [2.24, 2.45) is 0 Å². The van der Waals surface area contributed by atoms with Crippen molar-refractivity contribution in [3.8, 4) is 5.75 Å². The highest BCUT2D eigenvalue weighted by atomic mass is 32.2. The summed E-state index contributed by atoms with van der Waals surface area (Å²) in [6, 6.07) is 16.8. The number of nitrogens with zero attached hydrogens (tertiary/aromatic N) is 2. The number of hydrogen-bond acceptors (Lipinski definition) is 7. The van der Waals surface area contributed by atoms with E-state index >= 15 is 0 Å². The number of thioether (sulfide) groups is 1. The molecule has 0 aliphatic carbocycles. The molecule has 0 saturated carbocycles. The second-order valence-electron chi connectivity index (χ2n) is 7.98. The largest absolute Gasteiger partial charge is 0.489 e. The first kappa shape index (κ1) is 22.4. The maximum absolute atomic E-state index is 13.3. The molecular formula is C26H25N3O4S. The minimum atomic E-state index is -0.328. The molecule has 4 aromatic rings. The molecule has 1 N–H and O–H groups in total. The van der Waals surface area contributed by atoms with E-state index in [9.17, 15) is 4.79 Å². The van der Waals surface area contributed by atoms with Crippen molar-refractivity contribution in [3.05, 3.63) is 78.3 Å². The molecule has 0 radical (unpaired) electrons. The van der Waals surface area contributed by atoms with E-state index in [0.717, 1.165) is 36.8 Å². The van der Waals surface area contributed by atoms with E-state index in [4.69, 9.17) is 13.9 Å². The van der Waals surface area contributed by atoms with Crippen LogP contribution in [0.5, 0.6) is 5.75 Å². The fourth-order valence-corrected chi connectivity index (χ4v) is 4.75. The second kappa shape index (κ2) is 10.7. The molecule has 1 aliphatic rings. The van der Waals surface area contributed by atoms with Crippen LogP contribution in [-0.2, 0) is 10.5 Å². The Bertz CT molecular complexity index is 1260. The van der Waals surface area contributed by atoms with Crippen molar-refractivity contribution in [1.29, 1.82) is 0 Å². The van der Waals surface area contributed by atoms with Gasteiger partial charge in [0.05, 0.1) is 11.8 Å². The highest BCUT2D eigenvalue weighted by Crippen LogP contribution is 2.32. The summed E-state index contributed by atoms with van der Waals surface area (Å²) in [5.74, 6) is 1.05. The maximum Gasteiger partial charge on any atom is 0.291 e. The Morgan fingerprint density at radius 1 is 1.06 bits per heavy atom. The smallest absolute Gasteiger partial charge is 0.291 e. The number of ether oxygens (including phenoxy) is 2. The van der Waals surface area contributed by atoms with Gasteiger partial charge in [-0.2, -0.15) is 0 Å². The monoisotopic (exact) mass is 475 g/mol. The Kier molecular flexibility index (Phi) is 7.07. The highest BCUT2D eigenvalue weighted by molar-refractivity contribution is 7.98. The van der Waals surface area contributed by atoms with E-state index in [1.165, 1.54) is 11.8 Å². The van der Waals surface area contributed by atoms with Crippen LogP contribution >= 0.6 is 11.8 Å². The lowest BCUT2D eigenvalue weighted by molar-refractivity contribution is -0.0109. The van der Waals surface area contributed by atoms with Crippen molar-refractivity contribution >= 4 is 34.3 Å². The average molecular weight is 476 g/mol. The van der Waals surface area contributed by atoms with E-state index in [1.54, 1.807) is 18.5 Å². The molecule has 7 nitrogen and oxygen atoms in total. The number of amides is 1. The normalized spacial score (nSPS) is 15.8. The molecule has 3 heterocycles. The predicted octanol–water partition coefficient (Wildman–Crippen LogP) is 5.72. The second-order valence-corrected chi connectivity index (χ2v) is 8.92. The van der Waals surface area contributed by atoms with Gasteiger partial charge in [-0.3, -0.25) is 4.79 Å². The van der Waals surface area contributed by atoms with Gasteiger partial charge < -0.3 is 19.2 Å². The summed E-state index contributed by atoms with van der Waals surface area (Å²) in [4.78, 5) is 21.9. The third-order valence-electron chi connectivity index (χ3n) is 5.63. The van der Waals surface area contributed by atoms with Gasteiger partial charge >= 0.3 is 0 Å². The van der Waals surface area contributed by atoms with Crippen LogP contribution in [0.1, 0.15) is 35.4 Å². The highest BCUT2D eigenvalue weighted by Gasteiger charge is 2.22. The molecule has 0 bridgehead atoms. The van der Waals surface area contributed by atoms with Crippen LogP contribution in [0.2, 0.25) is 0 Å². The number of rotatable bonds is 8. The predicted molar refractivity (Wildman–Crippen MR) is 131 cm³/mol. The molecule has 1 fully saturated rings. The van der Waals surface area contributed by atoms with Gasteiger partial charge in [0.25, 0.3) is 5.91 Å². The minimum Gasteiger partial charge on any atom is -0.489 e. The Morgan fingerprint density at radius 2 is 1.88 bits per heavy atom. The van der Waals surface area contributed by atoms with Gasteiger partial charge in [0.15, 0.2) is 10.9 Å². The summed E-state index contributed by atoms with van der Waals surface area (Å²) in [5.41, 5.74) is 2.06. The van der Waals surface area contributed by atoms with Crippen LogP contribution in [0.4, 0.5) is 5.69 Å². The molecular weight excluding hydrogens is 450 g/mol. The van der Waals surface area contributed by atoms with Crippen LogP contribution in [-0.4, -0.2) is 35.2 Å². The Labute approximate surface area is 201 Å². The zero-order chi connectivity index (χ0) is 23.2. The Hall–Kier alpha value is -3.36. The van der Waals surface area contributed by atoms with Crippen LogP contribution in [0.15, 0.2) is 76.6 Å². The summed E-state index contributed by atoms with van der Waals surface area (Å²) < 4.78 is 17.8. The van der Waals surface area contributed by atoms with Crippen molar-refractivity contribution in [2.45, 2.75) is 36.3 Å². The minimum absolute atomic E-state index is 0.0803. The lowest BCUT2D eigenvalue weighted by Gasteiger charge is -2.23. The fraction of sp³-hybridized carbons (Fsp3) is 0.269. The number of nitrogens with one attached hydrogen (secondary N) is 1. The SMILES string of the molecule is O=C(Nc1ccccc1OCC1CCCCO1)c1oc2ccccc2c1CSc1ncccn1. The summed E-state index contributed by atoms with van der Waals surface area (Å²) >= 11 is 1.46. The van der Waals surface area contributed by atoms with Crippen molar-refractivity contribution in [1.82, 2.24) is 9.97 Å². The maximum atomic E-state index is 13.3. The number of aromatic nitrogens is 2.